The van der Waals surface area contributed by atoms with Crippen LogP contribution >= 0.6 is 0 Å². The molecule has 1 heterocycles. The van der Waals surface area contributed by atoms with Gasteiger partial charge in [0.05, 0.1) is 5.69 Å². The number of rotatable bonds is 1. The Kier molecular flexibility index (Phi) is 3.05. The molecular weight excluding hydrogens is 236 g/mol. The molecule has 1 aliphatic rings. The van der Waals surface area contributed by atoms with Crippen molar-refractivity contribution in [3.8, 4) is 0 Å². The number of carbonyl (C=O) groups excluding carboxylic acids is 1. The van der Waals surface area contributed by atoms with E-state index in [0.717, 1.165) is 5.69 Å². The zero-order valence-corrected chi connectivity index (χ0v) is 10.9. The third-order valence-electron chi connectivity index (χ3n) is 3.51. The summed E-state index contributed by atoms with van der Waals surface area (Å²) < 4.78 is 0. The monoisotopic (exact) mass is 253 g/mol. The molecule has 0 bridgehead atoms. The van der Waals surface area contributed by atoms with E-state index in [1.807, 2.05) is 30.3 Å². The first-order valence-corrected chi connectivity index (χ1v) is 6.53. The molecule has 19 heavy (non-hydrogen) atoms. The highest BCUT2D eigenvalue weighted by Crippen LogP contribution is 2.27. The van der Waals surface area contributed by atoms with E-state index in [1.165, 1.54) is 16.7 Å². The minimum atomic E-state index is 0.0588. The molecule has 3 nitrogen and oxygen atoms in total. The van der Waals surface area contributed by atoms with Gasteiger partial charge >= 0.3 is 0 Å². The number of amides is 1. The summed E-state index contributed by atoms with van der Waals surface area (Å²) in [6.07, 6.45) is 0. The van der Waals surface area contributed by atoms with Crippen LogP contribution in [0.5, 0.6) is 0 Å². The van der Waals surface area contributed by atoms with Gasteiger partial charge in [-0.15, -0.1) is 0 Å². The van der Waals surface area contributed by atoms with E-state index < -0.39 is 0 Å². The van der Waals surface area contributed by atoms with Crippen LogP contribution < -0.4 is 10.6 Å². The van der Waals surface area contributed by atoms with Crippen LogP contribution in [0, 0.1) is 6.92 Å². The van der Waals surface area contributed by atoms with Crippen LogP contribution in [0.15, 0.2) is 48.5 Å². The van der Waals surface area contributed by atoms with Crippen LogP contribution in [-0.4, -0.2) is 12.5 Å². The first-order valence-electron chi connectivity index (χ1n) is 6.53. The highest BCUT2D eigenvalue weighted by Gasteiger charge is 2.26. The molecule has 0 fully saturated rings. The molecule has 0 saturated heterocycles. The summed E-state index contributed by atoms with van der Waals surface area (Å²) in [5.41, 5.74) is 4.55. The topological polar surface area (TPSA) is 45.7 Å². The molecule has 3 heteroatoms. The number of benzene rings is 2. The van der Waals surface area contributed by atoms with Crippen molar-refractivity contribution in [2.24, 2.45) is 0 Å². The van der Waals surface area contributed by atoms with E-state index in [1.54, 1.807) is 0 Å². The summed E-state index contributed by atoms with van der Waals surface area (Å²) in [5, 5.41) is 5.07. The van der Waals surface area contributed by atoms with Gasteiger partial charge in [-0.3, -0.25) is 4.79 Å². The highest BCUT2D eigenvalue weighted by molar-refractivity contribution is 5.92. The van der Waals surface area contributed by atoms with Crippen molar-refractivity contribution in [3.63, 3.8) is 0 Å². The molecule has 2 aromatic carbocycles. The Labute approximate surface area is 112 Å². The molecule has 0 radical (unpaired) electrons. The Hall–Kier alpha value is -2.13. The molecule has 3 N–H and O–H groups in total. The minimum absolute atomic E-state index is 0.0588. The van der Waals surface area contributed by atoms with Crippen LogP contribution in [-0.2, 0) is 4.79 Å². The van der Waals surface area contributed by atoms with Crippen LogP contribution in [0.25, 0.3) is 0 Å². The average molecular weight is 253 g/mol. The molecule has 0 spiro atoms. The summed E-state index contributed by atoms with van der Waals surface area (Å²) in [6.45, 7) is 2.53. The van der Waals surface area contributed by atoms with Crippen molar-refractivity contribution >= 4 is 11.6 Å². The van der Waals surface area contributed by atoms with E-state index in [0.29, 0.717) is 6.54 Å². The molecule has 1 aliphatic heterocycles. The van der Waals surface area contributed by atoms with Gasteiger partial charge in [0.15, 0.2) is 6.54 Å². The number of nitrogens with two attached hydrogens (primary N) is 1. The summed E-state index contributed by atoms with van der Waals surface area (Å²) >= 11 is 0. The third-order valence-corrected chi connectivity index (χ3v) is 3.51. The number of carbonyl (C=O) groups is 1. The van der Waals surface area contributed by atoms with Crippen molar-refractivity contribution in [1.82, 2.24) is 0 Å². The standard InChI is InChI=1S/C16H16N2O/c1-11-7-8-14-13(9-11)16(17-10-15(19)18-14)12-5-3-2-4-6-12/h2-9,16-17H,10H2,1H3,(H,18,19)/p+1/t16-/m0/s1. The minimum Gasteiger partial charge on any atom is -0.328 e. The fraction of sp³-hybridized carbons (Fsp3) is 0.188. The van der Waals surface area contributed by atoms with Crippen LogP contribution in [0.1, 0.15) is 22.7 Å². The number of aryl methyl sites for hydroxylation is 1. The average Bonchev–Trinajstić information content (AvgIpc) is 2.58. The van der Waals surface area contributed by atoms with Crippen molar-refractivity contribution in [2.45, 2.75) is 13.0 Å². The molecule has 2 aromatic rings. The zero-order chi connectivity index (χ0) is 13.2. The molecule has 1 atom stereocenters. The van der Waals surface area contributed by atoms with Gasteiger partial charge in [0.25, 0.3) is 5.91 Å². The Bertz CT molecular complexity index is 607. The molecular formula is C16H17N2O+. The molecule has 0 aliphatic carbocycles. The number of hydrogen-bond acceptors (Lipinski definition) is 1. The summed E-state index contributed by atoms with van der Waals surface area (Å²) in [4.78, 5) is 11.8. The van der Waals surface area contributed by atoms with Gasteiger partial charge in [0.2, 0.25) is 0 Å². The maximum absolute atomic E-state index is 11.8. The number of quaternary nitrogens is 1. The summed E-state index contributed by atoms with van der Waals surface area (Å²) in [5.74, 6) is 0.0588. The highest BCUT2D eigenvalue weighted by atomic mass is 16.1. The zero-order valence-electron chi connectivity index (χ0n) is 10.9. The Balaban J connectivity index is 2.11. The van der Waals surface area contributed by atoms with Gasteiger partial charge in [0.1, 0.15) is 6.04 Å². The van der Waals surface area contributed by atoms with Crippen LogP contribution in [0.2, 0.25) is 0 Å². The number of nitrogens with one attached hydrogen (secondary N) is 1. The van der Waals surface area contributed by atoms with Gasteiger partial charge in [-0.05, 0) is 19.1 Å². The smallest absolute Gasteiger partial charge is 0.279 e. The lowest BCUT2D eigenvalue weighted by Gasteiger charge is -2.16. The lowest BCUT2D eigenvalue weighted by atomic mass is 9.96. The maximum Gasteiger partial charge on any atom is 0.279 e. The van der Waals surface area contributed by atoms with E-state index >= 15 is 0 Å². The normalized spacial score (nSPS) is 18.4. The van der Waals surface area contributed by atoms with E-state index in [9.17, 15) is 4.79 Å². The van der Waals surface area contributed by atoms with Gasteiger partial charge in [-0.1, -0.05) is 42.0 Å². The summed E-state index contributed by atoms with van der Waals surface area (Å²) in [6, 6.07) is 16.7. The van der Waals surface area contributed by atoms with Gasteiger partial charge < -0.3 is 10.6 Å². The molecule has 1 amide bonds. The Morgan fingerprint density at radius 3 is 2.74 bits per heavy atom. The second-order valence-corrected chi connectivity index (χ2v) is 4.97. The first-order chi connectivity index (χ1) is 9.24. The fourth-order valence-corrected chi connectivity index (χ4v) is 2.58. The first kappa shape index (κ1) is 11.9. The second kappa shape index (κ2) is 4.86. The lowest BCUT2D eigenvalue weighted by molar-refractivity contribution is -0.675. The van der Waals surface area contributed by atoms with Crippen molar-refractivity contribution < 1.29 is 10.1 Å². The largest absolute Gasteiger partial charge is 0.328 e. The molecule has 0 unspecified atom stereocenters. The van der Waals surface area contributed by atoms with Crippen LogP contribution in [0.3, 0.4) is 0 Å². The van der Waals surface area contributed by atoms with Crippen LogP contribution in [0.4, 0.5) is 5.69 Å². The van der Waals surface area contributed by atoms with E-state index in [2.05, 4.69) is 35.8 Å². The van der Waals surface area contributed by atoms with E-state index in [-0.39, 0.29) is 11.9 Å². The quantitative estimate of drug-likeness (QED) is 0.796. The SMILES string of the molecule is Cc1ccc2c(c1)[C@H](c1ccccc1)[NH2+]CC(=O)N2. The molecule has 0 aromatic heterocycles. The van der Waals surface area contributed by atoms with Crippen molar-refractivity contribution in [1.29, 1.82) is 0 Å². The van der Waals surface area contributed by atoms with Gasteiger partial charge in [-0.2, -0.15) is 0 Å². The van der Waals surface area contributed by atoms with Gasteiger partial charge in [-0.25, -0.2) is 0 Å². The van der Waals surface area contributed by atoms with Gasteiger partial charge in [0, 0.05) is 11.1 Å². The van der Waals surface area contributed by atoms with Crippen molar-refractivity contribution in [3.05, 3.63) is 65.2 Å². The number of fused-ring (bicyclic) bond motifs is 1. The van der Waals surface area contributed by atoms with Crippen molar-refractivity contribution in [2.75, 3.05) is 11.9 Å². The molecule has 3 rings (SSSR count). The number of hydrogen-bond donors (Lipinski definition) is 2. The number of anilines is 1. The summed E-state index contributed by atoms with van der Waals surface area (Å²) in [7, 11) is 0. The molecule has 96 valence electrons. The third kappa shape index (κ3) is 2.37. The maximum atomic E-state index is 11.8. The van der Waals surface area contributed by atoms with E-state index in [4.69, 9.17) is 0 Å². The fourth-order valence-electron chi connectivity index (χ4n) is 2.58. The lowest BCUT2D eigenvalue weighted by Crippen LogP contribution is -2.86. The second-order valence-electron chi connectivity index (χ2n) is 4.97. The predicted octanol–water partition coefficient (Wildman–Crippen LogP) is 1.60. The Morgan fingerprint density at radius 1 is 1.16 bits per heavy atom. The predicted molar refractivity (Wildman–Crippen MR) is 74.9 cm³/mol. The molecule has 0 saturated carbocycles. The Morgan fingerprint density at radius 2 is 1.95 bits per heavy atom.